The first-order chi connectivity index (χ1) is 12.7. The normalized spacial score (nSPS) is 19.4. The number of rotatable bonds is 4. The number of aromatic nitrogens is 2. The van der Waals surface area contributed by atoms with Gasteiger partial charge in [0.1, 0.15) is 17.3 Å². The van der Waals surface area contributed by atoms with Gasteiger partial charge in [-0.2, -0.15) is 0 Å². The second-order valence-electron chi connectivity index (χ2n) is 7.21. The number of aromatic amines is 1. The molecule has 4 heterocycles. The van der Waals surface area contributed by atoms with Crippen molar-refractivity contribution in [3.8, 4) is 0 Å². The van der Waals surface area contributed by atoms with Gasteiger partial charge in [0.15, 0.2) is 0 Å². The van der Waals surface area contributed by atoms with Crippen LogP contribution in [0.25, 0.3) is 10.2 Å². The first-order valence-corrected chi connectivity index (χ1v) is 10.0. The van der Waals surface area contributed by atoms with Crippen LogP contribution in [0.15, 0.2) is 9.95 Å². The summed E-state index contributed by atoms with van der Waals surface area (Å²) in [7, 11) is 0. The molecule has 1 fully saturated rings. The van der Waals surface area contributed by atoms with Crippen molar-refractivity contribution in [2.24, 2.45) is 11.1 Å². The van der Waals surface area contributed by atoms with E-state index in [1.807, 2.05) is 4.90 Å². The van der Waals surface area contributed by atoms with Gasteiger partial charge in [0.2, 0.25) is 5.91 Å². The molecule has 1 aliphatic carbocycles. The molecule has 0 unspecified atom stereocenters. The number of nitrogens with zero attached hydrogens (tertiary/aromatic N) is 3. The number of amides is 1. The minimum Gasteiger partial charge on any atom is -0.395 e. The maximum atomic E-state index is 12.4. The lowest BCUT2D eigenvalue weighted by molar-refractivity contribution is -0.135. The highest BCUT2D eigenvalue weighted by Crippen LogP contribution is 2.34. The molecule has 0 spiro atoms. The Kier molecular flexibility index (Phi) is 3.81. The monoisotopic (exact) mass is 372 g/mol. The minimum atomic E-state index is -0.0555. The Balaban J connectivity index is 1.23. The highest BCUT2D eigenvalue weighted by Gasteiger charge is 2.35. The minimum absolute atomic E-state index is 0.0555. The molecule has 8 heteroatoms. The molecule has 0 bridgehead atoms. The Hall–Kier alpha value is -2.22. The van der Waals surface area contributed by atoms with Crippen LogP contribution in [0.5, 0.6) is 0 Å². The van der Waals surface area contributed by atoms with Crippen molar-refractivity contribution in [3.63, 3.8) is 0 Å². The number of carbonyl (C=O) groups is 1. The van der Waals surface area contributed by atoms with Gasteiger partial charge in [0, 0.05) is 43.1 Å². The molecule has 2 aromatic rings. The van der Waals surface area contributed by atoms with Crippen LogP contribution in [0.4, 0.5) is 0 Å². The summed E-state index contributed by atoms with van der Waals surface area (Å²) in [5.41, 5.74) is 2.21. The fourth-order valence-electron chi connectivity index (χ4n) is 4.04. The van der Waals surface area contributed by atoms with E-state index in [9.17, 15) is 9.59 Å². The zero-order valence-electron chi connectivity index (χ0n) is 14.4. The number of carbonyl (C=O) groups excluding carboxylic acids is 1. The second kappa shape index (κ2) is 6.19. The average Bonchev–Trinajstić information content (AvgIpc) is 3.27. The Morgan fingerprint density at radius 3 is 3.00 bits per heavy atom. The summed E-state index contributed by atoms with van der Waals surface area (Å²) in [5.74, 6) is 1.07. The third kappa shape index (κ3) is 2.63. The number of H-pyrrole nitrogens is 1. The number of aryl methyl sites for hydroxylation is 3. The van der Waals surface area contributed by atoms with Crippen molar-refractivity contribution in [3.05, 3.63) is 26.6 Å². The summed E-state index contributed by atoms with van der Waals surface area (Å²) >= 11 is 1.63. The molecule has 2 aliphatic heterocycles. The van der Waals surface area contributed by atoms with Crippen LogP contribution >= 0.6 is 11.3 Å². The number of fused-ring (bicyclic) bond motifs is 3. The molecule has 0 saturated carbocycles. The molecule has 26 heavy (non-hydrogen) atoms. The quantitative estimate of drug-likeness (QED) is 0.884. The van der Waals surface area contributed by atoms with Crippen molar-refractivity contribution < 1.29 is 9.63 Å². The lowest BCUT2D eigenvalue weighted by atomic mass is 9.92. The zero-order valence-corrected chi connectivity index (χ0v) is 15.2. The summed E-state index contributed by atoms with van der Waals surface area (Å²) < 4.78 is 0. The smallest absolute Gasteiger partial charge is 0.259 e. The lowest BCUT2D eigenvalue weighted by Gasteiger charge is -2.39. The van der Waals surface area contributed by atoms with Crippen molar-refractivity contribution in [1.29, 1.82) is 0 Å². The van der Waals surface area contributed by atoms with E-state index < -0.39 is 0 Å². The van der Waals surface area contributed by atoms with Gasteiger partial charge in [-0.25, -0.2) is 4.98 Å². The Morgan fingerprint density at radius 2 is 2.19 bits per heavy atom. The van der Waals surface area contributed by atoms with Gasteiger partial charge in [-0.05, 0) is 24.8 Å². The summed E-state index contributed by atoms with van der Waals surface area (Å²) in [4.78, 5) is 41.3. The number of hydrogen-bond acceptors (Lipinski definition) is 6. The fraction of sp³-hybridized carbons (Fsp3) is 0.556. The number of nitrogens with one attached hydrogen (secondary N) is 1. The van der Waals surface area contributed by atoms with Gasteiger partial charge in [-0.3, -0.25) is 9.59 Å². The molecule has 7 nitrogen and oxygen atoms in total. The summed E-state index contributed by atoms with van der Waals surface area (Å²) in [5, 5.41) is 4.80. The second-order valence-corrected chi connectivity index (χ2v) is 8.30. The van der Waals surface area contributed by atoms with E-state index >= 15 is 0 Å². The summed E-state index contributed by atoms with van der Waals surface area (Å²) in [6.45, 7) is 2.11. The van der Waals surface area contributed by atoms with Crippen LogP contribution in [0.3, 0.4) is 0 Å². The number of thiophene rings is 1. The van der Waals surface area contributed by atoms with Crippen LogP contribution in [0, 0.1) is 5.92 Å². The SMILES string of the molecule is O=C(CCc1nc2sc3c(c2c(=O)[nH]1)CCC3)N1CC(C2=NOCC2)C1. The molecule has 136 valence electrons. The number of likely N-dealkylation sites (tertiary alicyclic amines) is 1. The maximum absolute atomic E-state index is 12.4. The Morgan fingerprint density at radius 1 is 1.31 bits per heavy atom. The highest BCUT2D eigenvalue weighted by atomic mass is 32.1. The van der Waals surface area contributed by atoms with Crippen LogP contribution in [-0.4, -0.2) is 46.2 Å². The van der Waals surface area contributed by atoms with Crippen molar-refractivity contribution in [2.75, 3.05) is 19.7 Å². The average molecular weight is 372 g/mol. The number of hydrogen-bond donors (Lipinski definition) is 1. The molecular weight excluding hydrogens is 352 g/mol. The van der Waals surface area contributed by atoms with Crippen LogP contribution in [-0.2, 0) is 28.9 Å². The first-order valence-electron chi connectivity index (χ1n) is 9.19. The van der Waals surface area contributed by atoms with Gasteiger partial charge >= 0.3 is 0 Å². The Labute approximate surface area is 154 Å². The largest absolute Gasteiger partial charge is 0.395 e. The van der Waals surface area contributed by atoms with E-state index in [2.05, 4.69) is 15.1 Å². The van der Waals surface area contributed by atoms with Gasteiger partial charge in [-0.15, -0.1) is 11.3 Å². The predicted molar refractivity (Wildman–Crippen MR) is 98.7 cm³/mol. The predicted octanol–water partition coefficient (Wildman–Crippen LogP) is 1.64. The van der Waals surface area contributed by atoms with Gasteiger partial charge in [0.25, 0.3) is 5.56 Å². The topological polar surface area (TPSA) is 87.7 Å². The Bertz CT molecular complexity index is 971. The van der Waals surface area contributed by atoms with Crippen LogP contribution < -0.4 is 5.56 Å². The molecular formula is C18H20N4O3S. The van der Waals surface area contributed by atoms with Crippen molar-refractivity contribution >= 4 is 33.2 Å². The highest BCUT2D eigenvalue weighted by molar-refractivity contribution is 7.18. The molecule has 0 radical (unpaired) electrons. The molecule has 1 saturated heterocycles. The van der Waals surface area contributed by atoms with Gasteiger partial charge < -0.3 is 14.7 Å². The van der Waals surface area contributed by atoms with Gasteiger partial charge in [-0.1, -0.05) is 5.16 Å². The van der Waals surface area contributed by atoms with Crippen LogP contribution in [0.1, 0.15) is 35.5 Å². The zero-order chi connectivity index (χ0) is 17.7. The number of oxime groups is 1. The summed E-state index contributed by atoms with van der Waals surface area (Å²) in [6.07, 6.45) is 4.87. The van der Waals surface area contributed by atoms with Crippen LogP contribution in [0.2, 0.25) is 0 Å². The van der Waals surface area contributed by atoms with E-state index in [4.69, 9.17) is 4.84 Å². The molecule has 0 atom stereocenters. The van der Waals surface area contributed by atoms with E-state index in [-0.39, 0.29) is 11.5 Å². The molecule has 3 aliphatic rings. The van der Waals surface area contributed by atoms with Crippen molar-refractivity contribution in [1.82, 2.24) is 14.9 Å². The van der Waals surface area contributed by atoms with E-state index in [0.29, 0.717) is 31.2 Å². The van der Waals surface area contributed by atoms with E-state index in [0.717, 1.165) is 54.7 Å². The van der Waals surface area contributed by atoms with E-state index in [1.165, 1.54) is 10.4 Å². The molecule has 5 rings (SSSR count). The molecule has 2 aromatic heterocycles. The maximum Gasteiger partial charge on any atom is 0.259 e. The third-order valence-electron chi connectivity index (χ3n) is 5.54. The third-order valence-corrected chi connectivity index (χ3v) is 6.72. The standard InChI is InChI=1S/C18H20N4O3S/c23-15(22-8-10(9-22)12-6-7-25-21-12)5-4-14-19-17(24)16-11-2-1-3-13(11)26-18(16)20-14/h10H,1-9H2,(H,19,20,24). The molecule has 1 amide bonds. The lowest BCUT2D eigenvalue weighted by Crippen LogP contribution is -2.52. The van der Waals surface area contributed by atoms with Gasteiger partial charge in [0.05, 0.1) is 11.1 Å². The van der Waals surface area contributed by atoms with Crippen molar-refractivity contribution in [2.45, 2.75) is 38.5 Å². The summed E-state index contributed by atoms with van der Waals surface area (Å²) in [6, 6.07) is 0. The molecule has 1 N–H and O–H groups in total. The van der Waals surface area contributed by atoms with E-state index in [1.54, 1.807) is 11.3 Å². The fourth-order valence-corrected chi connectivity index (χ4v) is 5.33. The molecule has 0 aromatic carbocycles. The first kappa shape index (κ1) is 16.0.